The summed E-state index contributed by atoms with van der Waals surface area (Å²) in [6, 6.07) is 0.708. The first-order chi connectivity index (χ1) is 9.28. The Hall–Kier alpha value is -1.16. The number of hydrogen-bond donors (Lipinski definition) is 1. The molecule has 0 unspecified atom stereocenters. The van der Waals surface area contributed by atoms with Gasteiger partial charge in [0.05, 0.1) is 0 Å². The smallest absolute Gasteiger partial charge is 0.225 e. The molecular formula is C15H24N4. The average molecular weight is 260 g/mol. The molecule has 0 spiro atoms. The van der Waals surface area contributed by atoms with Gasteiger partial charge in [-0.15, -0.1) is 0 Å². The van der Waals surface area contributed by atoms with Crippen molar-refractivity contribution in [2.24, 2.45) is 5.92 Å². The Kier molecular flexibility index (Phi) is 3.69. The molecule has 2 saturated carbocycles. The van der Waals surface area contributed by atoms with Crippen molar-refractivity contribution in [1.82, 2.24) is 15.3 Å². The van der Waals surface area contributed by atoms with Crippen LogP contribution in [-0.2, 0) is 6.54 Å². The molecule has 4 heteroatoms. The number of anilines is 1. The number of hydrogen-bond acceptors (Lipinski definition) is 4. The van der Waals surface area contributed by atoms with Crippen molar-refractivity contribution in [2.45, 2.75) is 52.1 Å². The fraction of sp³-hybridized carbons (Fsp3) is 0.733. The number of aromatic nitrogens is 2. The summed E-state index contributed by atoms with van der Waals surface area (Å²) in [6.07, 6.45) is 7.41. The van der Waals surface area contributed by atoms with Gasteiger partial charge in [-0.1, -0.05) is 6.92 Å². The van der Waals surface area contributed by atoms with Crippen LogP contribution in [0.1, 0.15) is 43.9 Å². The maximum atomic E-state index is 4.74. The molecule has 19 heavy (non-hydrogen) atoms. The molecule has 0 aromatic carbocycles. The molecule has 4 nitrogen and oxygen atoms in total. The van der Waals surface area contributed by atoms with Crippen molar-refractivity contribution >= 4 is 5.95 Å². The zero-order valence-corrected chi connectivity index (χ0v) is 12.0. The molecule has 1 aromatic rings. The summed E-state index contributed by atoms with van der Waals surface area (Å²) in [7, 11) is 0. The second kappa shape index (κ2) is 5.45. The molecule has 1 N–H and O–H groups in total. The number of nitrogens with one attached hydrogen (secondary N) is 1. The lowest BCUT2D eigenvalue weighted by Crippen LogP contribution is -2.30. The van der Waals surface area contributed by atoms with Gasteiger partial charge in [0, 0.05) is 36.6 Å². The van der Waals surface area contributed by atoms with E-state index >= 15 is 0 Å². The van der Waals surface area contributed by atoms with Crippen molar-refractivity contribution in [1.29, 1.82) is 0 Å². The van der Waals surface area contributed by atoms with E-state index in [-0.39, 0.29) is 0 Å². The molecule has 0 saturated heterocycles. The Balaban J connectivity index is 1.73. The normalized spacial score (nSPS) is 18.6. The van der Waals surface area contributed by atoms with Crippen LogP contribution in [0.4, 0.5) is 5.95 Å². The summed E-state index contributed by atoms with van der Waals surface area (Å²) >= 11 is 0. The van der Waals surface area contributed by atoms with Crippen molar-refractivity contribution in [3.05, 3.63) is 17.5 Å². The quantitative estimate of drug-likeness (QED) is 0.816. The van der Waals surface area contributed by atoms with Crippen LogP contribution < -0.4 is 10.2 Å². The first kappa shape index (κ1) is 12.9. The van der Waals surface area contributed by atoms with Gasteiger partial charge in [-0.05, 0) is 45.1 Å². The van der Waals surface area contributed by atoms with Gasteiger partial charge in [0.1, 0.15) is 0 Å². The highest BCUT2D eigenvalue weighted by atomic mass is 15.3. The summed E-state index contributed by atoms with van der Waals surface area (Å²) in [5.74, 6) is 1.85. The summed E-state index contributed by atoms with van der Waals surface area (Å²) in [5, 5.41) is 3.34. The highest BCUT2D eigenvalue weighted by Crippen LogP contribution is 2.36. The predicted octanol–water partition coefficient (Wildman–Crippen LogP) is 2.27. The van der Waals surface area contributed by atoms with Gasteiger partial charge < -0.3 is 10.2 Å². The Morgan fingerprint density at radius 2 is 2.11 bits per heavy atom. The fourth-order valence-corrected chi connectivity index (χ4v) is 2.41. The summed E-state index contributed by atoms with van der Waals surface area (Å²) in [5.41, 5.74) is 2.33. The van der Waals surface area contributed by atoms with Crippen molar-refractivity contribution < 1.29 is 0 Å². The maximum absolute atomic E-state index is 4.74. The number of nitrogens with zero attached hydrogens (tertiary/aromatic N) is 3. The monoisotopic (exact) mass is 260 g/mol. The van der Waals surface area contributed by atoms with Gasteiger partial charge in [-0.25, -0.2) is 9.97 Å². The molecule has 104 valence electrons. The lowest BCUT2D eigenvalue weighted by molar-refractivity contribution is 0.685. The average Bonchev–Trinajstić information content (AvgIpc) is 3.27. The van der Waals surface area contributed by atoms with Gasteiger partial charge in [0.25, 0.3) is 0 Å². The van der Waals surface area contributed by atoms with Crippen molar-refractivity contribution in [3.8, 4) is 0 Å². The summed E-state index contributed by atoms with van der Waals surface area (Å²) < 4.78 is 0. The minimum absolute atomic E-state index is 0.708. The molecule has 1 heterocycles. The lowest BCUT2D eigenvalue weighted by atomic mass is 10.2. The molecule has 2 aliphatic carbocycles. The molecule has 0 amide bonds. The van der Waals surface area contributed by atoms with Gasteiger partial charge in [-0.3, -0.25) is 0 Å². The minimum atomic E-state index is 0.708. The summed E-state index contributed by atoms with van der Waals surface area (Å²) in [4.78, 5) is 11.8. The highest BCUT2D eigenvalue weighted by molar-refractivity contribution is 5.36. The van der Waals surface area contributed by atoms with E-state index in [1.165, 1.54) is 31.2 Å². The largest absolute Gasteiger partial charge is 0.338 e. The van der Waals surface area contributed by atoms with Gasteiger partial charge in [0.15, 0.2) is 0 Å². The van der Waals surface area contributed by atoms with Crippen molar-refractivity contribution in [3.63, 3.8) is 0 Å². The topological polar surface area (TPSA) is 41.1 Å². The van der Waals surface area contributed by atoms with E-state index in [4.69, 9.17) is 4.98 Å². The Morgan fingerprint density at radius 3 is 2.68 bits per heavy atom. The fourth-order valence-electron chi connectivity index (χ4n) is 2.41. The summed E-state index contributed by atoms with van der Waals surface area (Å²) in [6.45, 7) is 7.23. The molecule has 3 rings (SSSR count). The van der Waals surface area contributed by atoms with Gasteiger partial charge >= 0.3 is 0 Å². The van der Waals surface area contributed by atoms with E-state index in [1.54, 1.807) is 0 Å². The van der Waals surface area contributed by atoms with E-state index < -0.39 is 0 Å². The minimum Gasteiger partial charge on any atom is -0.338 e. The molecule has 0 bridgehead atoms. The van der Waals surface area contributed by atoms with E-state index in [1.807, 2.05) is 6.20 Å². The molecule has 2 fully saturated rings. The molecule has 2 aliphatic rings. The predicted molar refractivity (Wildman–Crippen MR) is 77.2 cm³/mol. The van der Waals surface area contributed by atoms with E-state index in [2.05, 4.69) is 29.0 Å². The number of aryl methyl sites for hydroxylation is 1. The lowest BCUT2D eigenvalue weighted by Gasteiger charge is -2.23. The van der Waals surface area contributed by atoms with E-state index in [9.17, 15) is 0 Å². The SMILES string of the molecule is CCNCc1cnc(N(CC2CC2)C2CC2)nc1C. The van der Waals surface area contributed by atoms with Crippen LogP contribution in [0.25, 0.3) is 0 Å². The molecular weight excluding hydrogens is 236 g/mol. The molecule has 0 aliphatic heterocycles. The van der Waals surface area contributed by atoms with Crippen LogP contribution >= 0.6 is 0 Å². The second-order valence-corrected chi connectivity index (χ2v) is 5.89. The number of rotatable bonds is 7. The molecule has 1 aromatic heterocycles. The van der Waals surface area contributed by atoms with Crippen LogP contribution in [0, 0.1) is 12.8 Å². The zero-order valence-electron chi connectivity index (χ0n) is 12.0. The zero-order chi connectivity index (χ0) is 13.2. The second-order valence-electron chi connectivity index (χ2n) is 5.89. The Morgan fingerprint density at radius 1 is 1.32 bits per heavy atom. The third kappa shape index (κ3) is 3.24. The van der Waals surface area contributed by atoms with Gasteiger partial charge in [-0.2, -0.15) is 0 Å². The van der Waals surface area contributed by atoms with Crippen LogP contribution in [-0.4, -0.2) is 29.1 Å². The maximum Gasteiger partial charge on any atom is 0.225 e. The first-order valence-corrected chi connectivity index (χ1v) is 7.57. The van der Waals surface area contributed by atoms with Crippen LogP contribution in [0.5, 0.6) is 0 Å². The van der Waals surface area contributed by atoms with E-state index in [0.717, 1.165) is 37.2 Å². The Labute approximate surface area is 115 Å². The Bertz CT molecular complexity index is 438. The van der Waals surface area contributed by atoms with Crippen LogP contribution in [0.3, 0.4) is 0 Å². The van der Waals surface area contributed by atoms with Crippen LogP contribution in [0.15, 0.2) is 6.20 Å². The third-order valence-corrected chi connectivity index (χ3v) is 4.03. The first-order valence-electron chi connectivity index (χ1n) is 7.57. The van der Waals surface area contributed by atoms with Crippen LogP contribution in [0.2, 0.25) is 0 Å². The van der Waals surface area contributed by atoms with Crippen molar-refractivity contribution in [2.75, 3.05) is 18.0 Å². The molecule has 0 atom stereocenters. The van der Waals surface area contributed by atoms with E-state index in [0.29, 0.717) is 6.04 Å². The molecule has 0 radical (unpaired) electrons. The third-order valence-electron chi connectivity index (χ3n) is 4.03. The van der Waals surface area contributed by atoms with Gasteiger partial charge in [0.2, 0.25) is 5.95 Å². The highest BCUT2D eigenvalue weighted by Gasteiger charge is 2.35. The standard InChI is InChI=1S/C15H24N4/c1-3-16-8-13-9-17-15(18-11(13)2)19(14-6-7-14)10-12-4-5-12/h9,12,14,16H,3-8,10H2,1-2H3.